The van der Waals surface area contributed by atoms with Gasteiger partial charge in [0.25, 0.3) is 0 Å². The predicted molar refractivity (Wildman–Crippen MR) is 111 cm³/mol. The van der Waals surface area contributed by atoms with Gasteiger partial charge >= 0.3 is 0 Å². The molecule has 0 aliphatic heterocycles. The Balaban J connectivity index is 0.00000288. The summed E-state index contributed by atoms with van der Waals surface area (Å²) >= 11 is 1.75. The first-order chi connectivity index (χ1) is 11.2. The second-order valence-corrected chi connectivity index (χ2v) is 6.12. The lowest BCUT2D eigenvalue weighted by molar-refractivity contribution is 0.230. The molecule has 24 heavy (non-hydrogen) atoms. The molecule has 2 rings (SSSR count). The maximum atomic E-state index is 5.86. The minimum Gasteiger partial charge on any atom is -0.497 e. The number of hydrogen-bond acceptors (Lipinski definition) is 4. The average molecular weight is 461 g/mol. The van der Waals surface area contributed by atoms with Gasteiger partial charge in [0.05, 0.1) is 13.7 Å². The van der Waals surface area contributed by atoms with Crippen molar-refractivity contribution < 1.29 is 9.47 Å². The van der Waals surface area contributed by atoms with Gasteiger partial charge in [-0.25, -0.2) is 4.99 Å². The van der Waals surface area contributed by atoms with E-state index in [1.165, 1.54) is 4.88 Å². The number of ether oxygens (including phenoxy) is 2. The molecule has 1 heterocycles. The van der Waals surface area contributed by atoms with E-state index >= 15 is 0 Å². The van der Waals surface area contributed by atoms with Crippen LogP contribution in [0.15, 0.2) is 46.8 Å². The Morgan fingerprint density at radius 1 is 1.25 bits per heavy atom. The fraction of sp³-hybridized carbons (Fsp3) is 0.353. The van der Waals surface area contributed by atoms with Crippen LogP contribution in [-0.4, -0.2) is 32.3 Å². The molecule has 0 spiro atoms. The van der Waals surface area contributed by atoms with Crippen LogP contribution in [0.5, 0.6) is 11.5 Å². The standard InChI is InChI=1S/C17H23N3O2S.HI/c1-13(22-15-7-5-14(21-2)6-8-15)12-20-17(18)19-10-9-16-4-3-11-23-16;/h3-8,11,13H,9-10,12H2,1-2H3,(H3,18,19,20);1H. The lowest BCUT2D eigenvalue weighted by Crippen LogP contribution is -2.34. The Labute approximate surface area is 164 Å². The molecule has 0 aliphatic carbocycles. The van der Waals surface area contributed by atoms with Gasteiger partial charge in [-0.2, -0.15) is 0 Å². The number of nitrogens with one attached hydrogen (secondary N) is 1. The lowest BCUT2D eigenvalue weighted by atomic mass is 10.3. The van der Waals surface area contributed by atoms with Crippen molar-refractivity contribution in [3.63, 3.8) is 0 Å². The van der Waals surface area contributed by atoms with Crippen LogP contribution in [0.2, 0.25) is 0 Å². The average Bonchev–Trinajstić information content (AvgIpc) is 3.07. The molecular formula is C17H24IN3O2S. The van der Waals surface area contributed by atoms with Crippen molar-refractivity contribution in [1.82, 2.24) is 5.32 Å². The summed E-state index contributed by atoms with van der Waals surface area (Å²) in [6, 6.07) is 11.7. The van der Waals surface area contributed by atoms with Crippen molar-refractivity contribution in [2.75, 3.05) is 20.2 Å². The van der Waals surface area contributed by atoms with Gasteiger partial charge in [0.15, 0.2) is 5.96 Å². The third kappa shape index (κ3) is 7.39. The van der Waals surface area contributed by atoms with Crippen molar-refractivity contribution in [3.05, 3.63) is 46.7 Å². The fourth-order valence-electron chi connectivity index (χ4n) is 1.98. The van der Waals surface area contributed by atoms with E-state index in [2.05, 4.69) is 27.8 Å². The molecular weight excluding hydrogens is 437 g/mol. The molecule has 0 amide bonds. The molecule has 3 N–H and O–H groups in total. The SMILES string of the molecule is COc1ccc(OC(C)CN=C(N)NCCc2cccs2)cc1.I. The van der Waals surface area contributed by atoms with Crippen molar-refractivity contribution in [3.8, 4) is 11.5 Å². The number of methoxy groups -OCH3 is 1. The van der Waals surface area contributed by atoms with Crippen LogP contribution < -0.4 is 20.5 Å². The first-order valence-electron chi connectivity index (χ1n) is 7.54. The van der Waals surface area contributed by atoms with Crippen molar-refractivity contribution in [1.29, 1.82) is 0 Å². The van der Waals surface area contributed by atoms with Gasteiger partial charge in [-0.1, -0.05) is 6.07 Å². The zero-order valence-corrected chi connectivity index (χ0v) is 17.0. The van der Waals surface area contributed by atoms with Gasteiger partial charge < -0.3 is 20.5 Å². The zero-order chi connectivity index (χ0) is 16.5. The molecule has 1 aromatic carbocycles. The minimum absolute atomic E-state index is 0. The number of aliphatic imine (C=N–C) groups is 1. The smallest absolute Gasteiger partial charge is 0.188 e. The highest BCUT2D eigenvalue weighted by Gasteiger charge is 2.04. The number of hydrogen-bond donors (Lipinski definition) is 2. The predicted octanol–water partition coefficient (Wildman–Crippen LogP) is 3.29. The summed E-state index contributed by atoms with van der Waals surface area (Å²) in [6.07, 6.45) is 0.896. The molecule has 0 aliphatic rings. The molecule has 0 saturated carbocycles. The molecule has 0 saturated heterocycles. The van der Waals surface area contributed by atoms with Crippen LogP contribution >= 0.6 is 35.3 Å². The summed E-state index contributed by atoms with van der Waals surface area (Å²) in [6.45, 7) is 3.25. The number of thiophene rings is 1. The lowest BCUT2D eigenvalue weighted by Gasteiger charge is -2.13. The first kappa shape index (κ1) is 20.6. The van der Waals surface area contributed by atoms with Gasteiger partial charge in [-0.3, -0.25) is 0 Å². The van der Waals surface area contributed by atoms with E-state index in [1.54, 1.807) is 18.4 Å². The van der Waals surface area contributed by atoms with E-state index in [4.69, 9.17) is 15.2 Å². The summed E-state index contributed by atoms with van der Waals surface area (Å²) in [7, 11) is 1.64. The highest BCUT2D eigenvalue weighted by Crippen LogP contribution is 2.18. The van der Waals surface area contributed by atoms with Gasteiger partial charge in [-0.05, 0) is 49.1 Å². The van der Waals surface area contributed by atoms with Gasteiger partial charge in [-0.15, -0.1) is 35.3 Å². The van der Waals surface area contributed by atoms with Crippen molar-refractivity contribution in [2.24, 2.45) is 10.7 Å². The molecule has 1 aromatic heterocycles. The number of nitrogens with zero attached hydrogens (tertiary/aromatic N) is 1. The maximum absolute atomic E-state index is 5.86. The van der Waals surface area contributed by atoms with Crippen LogP contribution in [0, 0.1) is 0 Å². The maximum Gasteiger partial charge on any atom is 0.188 e. The van der Waals surface area contributed by atoms with E-state index < -0.39 is 0 Å². The van der Waals surface area contributed by atoms with Gasteiger partial charge in [0, 0.05) is 11.4 Å². The zero-order valence-electron chi connectivity index (χ0n) is 13.9. The van der Waals surface area contributed by atoms with Crippen LogP contribution in [0.25, 0.3) is 0 Å². The third-order valence-electron chi connectivity index (χ3n) is 3.17. The molecule has 0 bridgehead atoms. The minimum atomic E-state index is -0.0546. The van der Waals surface area contributed by atoms with Crippen LogP contribution in [0.3, 0.4) is 0 Å². The molecule has 7 heteroatoms. The molecule has 0 radical (unpaired) electrons. The van der Waals surface area contributed by atoms with E-state index in [1.807, 2.05) is 31.2 Å². The quantitative estimate of drug-likeness (QED) is 0.360. The Morgan fingerprint density at radius 2 is 1.96 bits per heavy atom. The Bertz CT molecular complexity index is 603. The van der Waals surface area contributed by atoms with E-state index in [9.17, 15) is 0 Å². The number of guanidine groups is 1. The highest BCUT2D eigenvalue weighted by molar-refractivity contribution is 14.0. The first-order valence-corrected chi connectivity index (χ1v) is 8.42. The summed E-state index contributed by atoms with van der Waals surface area (Å²) < 4.78 is 10.9. The Kier molecular flexibility index (Phi) is 9.55. The molecule has 1 unspecified atom stereocenters. The van der Waals surface area contributed by atoms with Gasteiger partial charge in [0.2, 0.25) is 0 Å². The van der Waals surface area contributed by atoms with Crippen LogP contribution in [0.1, 0.15) is 11.8 Å². The third-order valence-corrected chi connectivity index (χ3v) is 4.11. The molecule has 2 aromatic rings. The second kappa shape index (κ2) is 11.1. The molecule has 132 valence electrons. The number of rotatable bonds is 8. The van der Waals surface area contributed by atoms with E-state index in [0.29, 0.717) is 12.5 Å². The summed E-state index contributed by atoms with van der Waals surface area (Å²) in [5, 5.41) is 5.19. The molecule has 0 fully saturated rings. The largest absolute Gasteiger partial charge is 0.497 e. The Hall–Kier alpha value is -1.48. The van der Waals surface area contributed by atoms with Gasteiger partial charge in [0.1, 0.15) is 17.6 Å². The molecule has 5 nitrogen and oxygen atoms in total. The van der Waals surface area contributed by atoms with E-state index in [0.717, 1.165) is 24.5 Å². The fourth-order valence-corrected chi connectivity index (χ4v) is 2.68. The highest BCUT2D eigenvalue weighted by atomic mass is 127. The van der Waals surface area contributed by atoms with Crippen molar-refractivity contribution in [2.45, 2.75) is 19.4 Å². The number of benzene rings is 1. The van der Waals surface area contributed by atoms with Crippen molar-refractivity contribution >= 4 is 41.3 Å². The topological polar surface area (TPSA) is 68.9 Å². The molecule has 1 atom stereocenters. The monoisotopic (exact) mass is 461 g/mol. The van der Waals surface area contributed by atoms with Crippen LogP contribution in [-0.2, 0) is 6.42 Å². The normalized spacial score (nSPS) is 12.2. The Morgan fingerprint density at radius 3 is 2.58 bits per heavy atom. The van der Waals surface area contributed by atoms with Crippen LogP contribution in [0.4, 0.5) is 0 Å². The summed E-state index contributed by atoms with van der Waals surface area (Å²) in [5.74, 6) is 2.05. The number of nitrogens with two attached hydrogens (primary N) is 1. The summed E-state index contributed by atoms with van der Waals surface area (Å²) in [5.41, 5.74) is 5.86. The number of halogens is 1. The van der Waals surface area contributed by atoms with E-state index in [-0.39, 0.29) is 30.1 Å². The second-order valence-electron chi connectivity index (χ2n) is 5.09. The summed E-state index contributed by atoms with van der Waals surface area (Å²) in [4.78, 5) is 5.64.